The summed E-state index contributed by atoms with van der Waals surface area (Å²) < 4.78 is 0. The van der Waals surface area contributed by atoms with Crippen LogP contribution < -0.4 is 5.32 Å². The highest BCUT2D eigenvalue weighted by atomic mass is 16.1. The molecule has 2 rings (SSSR count). The third-order valence-electron chi connectivity index (χ3n) is 1.82. The maximum absolute atomic E-state index is 10.2. The number of nitrogens with one attached hydrogen (secondary N) is 1. The van der Waals surface area contributed by atoms with Crippen molar-refractivity contribution in [3.63, 3.8) is 0 Å². The maximum Gasteiger partial charge on any atom is 0.314 e. The SMILES string of the molecule is O=[C]Nc1cccc2cccnc12. The van der Waals surface area contributed by atoms with Gasteiger partial charge in [0.1, 0.15) is 0 Å². The van der Waals surface area contributed by atoms with Crippen molar-refractivity contribution in [2.75, 3.05) is 5.32 Å². The summed E-state index contributed by atoms with van der Waals surface area (Å²) in [5, 5.41) is 3.49. The largest absolute Gasteiger partial charge is 0.316 e. The Balaban J connectivity index is 2.68. The molecule has 3 heteroatoms. The molecule has 0 bridgehead atoms. The summed E-state index contributed by atoms with van der Waals surface area (Å²) in [5.74, 6) is 0. The van der Waals surface area contributed by atoms with E-state index in [-0.39, 0.29) is 0 Å². The van der Waals surface area contributed by atoms with Gasteiger partial charge in [0.05, 0.1) is 11.2 Å². The smallest absolute Gasteiger partial charge is 0.314 e. The highest BCUT2D eigenvalue weighted by Crippen LogP contribution is 2.19. The van der Waals surface area contributed by atoms with Crippen LogP contribution in [0.5, 0.6) is 0 Å². The number of fused-ring (bicyclic) bond motifs is 1. The van der Waals surface area contributed by atoms with Crippen molar-refractivity contribution < 1.29 is 4.79 Å². The van der Waals surface area contributed by atoms with Gasteiger partial charge in [-0.05, 0) is 12.1 Å². The van der Waals surface area contributed by atoms with Gasteiger partial charge in [0.25, 0.3) is 0 Å². The summed E-state index contributed by atoms with van der Waals surface area (Å²) in [6.45, 7) is 0. The Labute approximate surface area is 75.4 Å². The molecule has 63 valence electrons. The van der Waals surface area contributed by atoms with Gasteiger partial charge in [-0.1, -0.05) is 18.2 Å². The van der Waals surface area contributed by atoms with Gasteiger partial charge in [0.2, 0.25) is 0 Å². The average Bonchev–Trinajstić information content (AvgIpc) is 2.19. The molecule has 1 N–H and O–H groups in total. The number of hydrogen-bond acceptors (Lipinski definition) is 2. The van der Waals surface area contributed by atoms with Gasteiger partial charge >= 0.3 is 6.41 Å². The summed E-state index contributed by atoms with van der Waals surface area (Å²) in [6, 6.07) is 9.40. The molecule has 1 radical (unpaired) electrons. The van der Waals surface area contributed by atoms with E-state index >= 15 is 0 Å². The predicted molar refractivity (Wildman–Crippen MR) is 51.1 cm³/mol. The second-order valence-corrected chi connectivity index (χ2v) is 2.61. The van der Waals surface area contributed by atoms with E-state index in [2.05, 4.69) is 10.3 Å². The van der Waals surface area contributed by atoms with E-state index in [1.54, 1.807) is 18.7 Å². The van der Waals surface area contributed by atoms with Crippen LogP contribution in [0.1, 0.15) is 0 Å². The second-order valence-electron chi connectivity index (χ2n) is 2.61. The number of pyridine rings is 1. The molecule has 1 heterocycles. The van der Waals surface area contributed by atoms with Gasteiger partial charge in [0.15, 0.2) is 0 Å². The Bertz CT molecular complexity index is 434. The van der Waals surface area contributed by atoms with Gasteiger partial charge in [-0.15, -0.1) is 0 Å². The van der Waals surface area contributed by atoms with E-state index in [1.807, 2.05) is 24.3 Å². The lowest BCUT2D eigenvalue weighted by atomic mass is 10.2. The molecule has 0 aliphatic rings. The summed E-state index contributed by atoms with van der Waals surface area (Å²) in [5.41, 5.74) is 1.47. The van der Waals surface area contributed by atoms with Crippen LogP contribution in [-0.4, -0.2) is 11.4 Å². The summed E-state index contributed by atoms with van der Waals surface area (Å²) in [4.78, 5) is 14.3. The zero-order valence-electron chi connectivity index (χ0n) is 6.82. The molecule has 13 heavy (non-hydrogen) atoms. The van der Waals surface area contributed by atoms with Crippen molar-refractivity contribution in [3.8, 4) is 0 Å². The maximum atomic E-state index is 10.2. The van der Waals surface area contributed by atoms with Crippen LogP contribution in [-0.2, 0) is 4.79 Å². The lowest BCUT2D eigenvalue weighted by Gasteiger charge is -2.01. The van der Waals surface area contributed by atoms with Crippen LogP contribution in [0.15, 0.2) is 36.5 Å². The molecular weight excluding hydrogens is 164 g/mol. The van der Waals surface area contributed by atoms with E-state index in [0.29, 0.717) is 5.69 Å². The molecule has 0 saturated carbocycles. The quantitative estimate of drug-likeness (QED) is 0.699. The zero-order valence-corrected chi connectivity index (χ0v) is 6.82. The topological polar surface area (TPSA) is 42.0 Å². The molecule has 1 aromatic carbocycles. The Morgan fingerprint density at radius 2 is 2.08 bits per heavy atom. The number of hydrogen-bond donors (Lipinski definition) is 1. The van der Waals surface area contributed by atoms with E-state index in [1.165, 1.54) is 0 Å². The van der Waals surface area contributed by atoms with Gasteiger partial charge in [-0.3, -0.25) is 9.78 Å². The van der Waals surface area contributed by atoms with Crippen molar-refractivity contribution in [2.45, 2.75) is 0 Å². The van der Waals surface area contributed by atoms with Crippen molar-refractivity contribution in [2.24, 2.45) is 0 Å². The fourth-order valence-corrected chi connectivity index (χ4v) is 1.26. The number of para-hydroxylation sites is 1. The Morgan fingerprint density at radius 1 is 1.23 bits per heavy atom. The van der Waals surface area contributed by atoms with E-state index in [9.17, 15) is 4.79 Å². The molecule has 0 atom stereocenters. The molecular formula is C10H7N2O. The number of aromatic nitrogens is 1. The molecule has 0 unspecified atom stereocenters. The molecule has 2 aromatic rings. The van der Waals surface area contributed by atoms with Crippen LogP contribution in [0.25, 0.3) is 10.9 Å². The number of amides is 1. The third-order valence-corrected chi connectivity index (χ3v) is 1.82. The van der Waals surface area contributed by atoms with Gasteiger partial charge in [0, 0.05) is 11.6 Å². The molecule has 1 aromatic heterocycles. The Kier molecular flexibility index (Phi) is 1.92. The minimum Gasteiger partial charge on any atom is -0.316 e. The Morgan fingerprint density at radius 3 is 2.92 bits per heavy atom. The monoisotopic (exact) mass is 171 g/mol. The van der Waals surface area contributed by atoms with Crippen LogP contribution in [0.4, 0.5) is 5.69 Å². The van der Waals surface area contributed by atoms with Crippen LogP contribution >= 0.6 is 0 Å². The number of nitrogens with zero attached hydrogens (tertiary/aromatic N) is 1. The van der Waals surface area contributed by atoms with Crippen LogP contribution in [0.3, 0.4) is 0 Å². The molecule has 1 amide bonds. The number of rotatable bonds is 2. The molecule has 0 spiro atoms. The fourth-order valence-electron chi connectivity index (χ4n) is 1.26. The zero-order chi connectivity index (χ0) is 9.10. The van der Waals surface area contributed by atoms with Crippen molar-refractivity contribution in [3.05, 3.63) is 36.5 Å². The first kappa shape index (κ1) is 7.73. The normalized spacial score (nSPS) is 9.85. The minimum atomic E-state index is 0.688. The van der Waals surface area contributed by atoms with Crippen molar-refractivity contribution >= 4 is 23.0 Å². The van der Waals surface area contributed by atoms with Gasteiger partial charge in [-0.2, -0.15) is 0 Å². The molecule has 3 nitrogen and oxygen atoms in total. The molecule has 0 aliphatic heterocycles. The van der Waals surface area contributed by atoms with Crippen molar-refractivity contribution in [1.82, 2.24) is 4.98 Å². The molecule has 0 aliphatic carbocycles. The van der Waals surface area contributed by atoms with E-state index in [0.717, 1.165) is 10.9 Å². The van der Waals surface area contributed by atoms with Crippen LogP contribution in [0, 0.1) is 0 Å². The third kappa shape index (κ3) is 1.36. The average molecular weight is 171 g/mol. The second kappa shape index (κ2) is 3.23. The first-order valence-electron chi connectivity index (χ1n) is 3.89. The van der Waals surface area contributed by atoms with Gasteiger partial charge < -0.3 is 5.32 Å². The molecule has 0 fully saturated rings. The Hall–Kier alpha value is -1.90. The van der Waals surface area contributed by atoms with Gasteiger partial charge in [-0.25, -0.2) is 0 Å². The van der Waals surface area contributed by atoms with E-state index in [4.69, 9.17) is 0 Å². The summed E-state index contributed by atoms with van der Waals surface area (Å²) in [7, 11) is 0. The highest BCUT2D eigenvalue weighted by Gasteiger charge is 1.98. The van der Waals surface area contributed by atoms with E-state index < -0.39 is 0 Å². The lowest BCUT2D eigenvalue weighted by Crippen LogP contribution is -1.95. The highest BCUT2D eigenvalue weighted by molar-refractivity contribution is 5.94. The lowest BCUT2D eigenvalue weighted by molar-refractivity contribution is 0.561. The number of benzene rings is 1. The van der Waals surface area contributed by atoms with Crippen molar-refractivity contribution in [1.29, 1.82) is 0 Å². The number of anilines is 1. The standard InChI is InChI=1S/C10H7N2O/c13-7-12-9-5-1-3-8-4-2-6-11-10(8)9/h1-6H,(H,12,13). The molecule has 0 saturated heterocycles. The predicted octanol–water partition coefficient (Wildman–Crippen LogP) is 1.71. The first-order valence-corrected chi connectivity index (χ1v) is 3.89. The van der Waals surface area contributed by atoms with Crippen LogP contribution in [0.2, 0.25) is 0 Å². The summed E-state index contributed by atoms with van der Waals surface area (Å²) in [6.07, 6.45) is 3.33. The number of carbonyl (C=O) groups excluding carboxylic acids is 1. The fraction of sp³-hybridized carbons (Fsp3) is 0. The summed E-state index contributed by atoms with van der Waals surface area (Å²) >= 11 is 0. The minimum absolute atomic E-state index is 0.688. The first-order chi connectivity index (χ1) is 6.42.